The minimum Gasteiger partial charge on any atom is -0.354 e. The first-order chi connectivity index (χ1) is 13.6. The molecule has 144 valence electrons. The Hall–Kier alpha value is -2.86. The molecule has 0 unspecified atom stereocenters. The van der Waals surface area contributed by atoms with Crippen LogP contribution in [0.2, 0.25) is 0 Å². The van der Waals surface area contributed by atoms with Crippen LogP contribution in [0.1, 0.15) is 5.56 Å². The van der Waals surface area contributed by atoms with Crippen molar-refractivity contribution < 1.29 is 14.0 Å². The van der Waals surface area contributed by atoms with E-state index >= 15 is 0 Å². The molecule has 3 aromatic carbocycles. The highest BCUT2D eigenvalue weighted by molar-refractivity contribution is 8.00. The first-order valence-corrected chi connectivity index (χ1v) is 9.98. The van der Waals surface area contributed by atoms with Gasteiger partial charge in [0.1, 0.15) is 5.82 Å². The molecule has 0 bridgehead atoms. The molecule has 0 aromatic heterocycles. The van der Waals surface area contributed by atoms with Gasteiger partial charge in [-0.2, -0.15) is 0 Å². The van der Waals surface area contributed by atoms with Gasteiger partial charge in [-0.15, -0.1) is 11.8 Å². The summed E-state index contributed by atoms with van der Waals surface area (Å²) in [5.41, 5.74) is 0.745. The Kier molecular flexibility index (Phi) is 7.03. The predicted molar refractivity (Wildman–Crippen MR) is 111 cm³/mol. The summed E-state index contributed by atoms with van der Waals surface area (Å²) >= 11 is 1.48. The van der Waals surface area contributed by atoms with E-state index in [0.717, 1.165) is 15.8 Å². The van der Waals surface area contributed by atoms with Crippen LogP contribution in [0.4, 0.5) is 4.39 Å². The van der Waals surface area contributed by atoms with E-state index in [2.05, 4.69) is 22.8 Å². The number of carbonyl (C=O) groups is 2. The Morgan fingerprint density at radius 1 is 0.821 bits per heavy atom. The highest BCUT2D eigenvalue weighted by Gasteiger charge is 2.05. The van der Waals surface area contributed by atoms with Gasteiger partial charge in [-0.3, -0.25) is 9.59 Å². The van der Waals surface area contributed by atoms with Crippen molar-refractivity contribution in [3.8, 4) is 0 Å². The molecular formula is C22H21FN2O2S. The molecule has 0 heterocycles. The lowest BCUT2D eigenvalue weighted by Crippen LogP contribution is -2.36. The molecule has 28 heavy (non-hydrogen) atoms. The van der Waals surface area contributed by atoms with E-state index in [1.165, 1.54) is 29.3 Å². The Labute approximate surface area is 167 Å². The smallest absolute Gasteiger partial charge is 0.230 e. The van der Waals surface area contributed by atoms with E-state index < -0.39 is 0 Å². The Morgan fingerprint density at radius 2 is 1.50 bits per heavy atom. The number of rotatable bonds is 8. The van der Waals surface area contributed by atoms with Crippen LogP contribution >= 0.6 is 11.8 Å². The number of benzene rings is 3. The third-order valence-electron chi connectivity index (χ3n) is 4.14. The molecular weight excluding hydrogens is 375 g/mol. The standard InChI is InChI=1S/C22H21FN2O2S/c23-19-8-5-16(6-9-19)13-21(26)24-11-12-25-22(27)15-28-20-10-7-17-3-1-2-4-18(17)14-20/h1-10,14H,11-13,15H2,(H,24,26)(H,25,27). The fraction of sp³-hybridized carbons (Fsp3) is 0.182. The van der Waals surface area contributed by atoms with Gasteiger partial charge in [0.15, 0.2) is 0 Å². The van der Waals surface area contributed by atoms with E-state index in [0.29, 0.717) is 18.8 Å². The van der Waals surface area contributed by atoms with Crippen molar-refractivity contribution in [2.24, 2.45) is 0 Å². The minimum atomic E-state index is -0.326. The molecule has 2 amide bonds. The van der Waals surface area contributed by atoms with Crippen LogP contribution in [-0.2, 0) is 16.0 Å². The Bertz CT molecular complexity index is 960. The summed E-state index contributed by atoms with van der Waals surface area (Å²) < 4.78 is 12.8. The zero-order chi connectivity index (χ0) is 19.8. The van der Waals surface area contributed by atoms with Crippen molar-refractivity contribution in [1.29, 1.82) is 0 Å². The topological polar surface area (TPSA) is 58.2 Å². The van der Waals surface area contributed by atoms with Gasteiger partial charge in [0, 0.05) is 18.0 Å². The van der Waals surface area contributed by atoms with Crippen LogP contribution < -0.4 is 10.6 Å². The molecule has 3 aromatic rings. The van der Waals surface area contributed by atoms with Crippen LogP contribution in [0.5, 0.6) is 0 Å². The van der Waals surface area contributed by atoms with Gasteiger partial charge in [-0.05, 0) is 40.6 Å². The third-order valence-corrected chi connectivity index (χ3v) is 5.13. The van der Waals surface area contributed by atoms with Crippen LogP contribution in [-0.4, -0.2) is 30.7 Å². The number of carbonyl (C=O) groups excluding carboxylic acids is 2. The number of amides is 2. The molecule has 0 radical (unpaired) electrons. The van der Waals surface area contributed by atoms with Gasteiger partial charge < -0.3 is 10.6 Å². The zero-order valence-corrected chi connectivity index (χ0v) is 16.1. The van der Waals surface area contributed by atoms with Crippen molar-refractivity contribution in [3.05, 3.63) is 78.1 Å². The Morgan fingerprint density at radius 3 is 2.25 bits per heavy atom. The largest absolute Gasteiger partial charge is 0.354 e. The minimum absolute atomic E-state index is 0.0778. The van der Waals surface area contributed by atoms with E-state index in [1.807, 2.05) is 30.3 Å². The number of hydrogen-bond donors (Lipinski definition) is 2. The number of halogens is 1. The average molecular weight is 396 g/mol. The molecule has 0 saturated carbocycles. The van der Waals surface area contributed by atoms with E-state index in [9.17, 15) is 14.0 Å². The summed E-state index contributed by atoms with van der Waals surface area (Å²) in [6.07, 6.45) is 0.187. The quantitative estimate of drug-likeness (QED) is 0.452. The van der Waals surface area contributed by atoms with Gasteiger partial charge in [0.25, 0.3) is 0 Å². The highest BCUT2D eigenvalue weighted by Crippen LogP contribution is 2.23. The molecule has 0 saturated heterocycles. The first kappa shape index (κ1) is 19.9. The molecule has 3 rings (SSSR count). The van der Waals surface area contributed by atoms with Crippen molar-refractivity contribution in [2.75, 3.05) is 18.8 Å². The molecule has 0 fully saturated rings. The molecule has 0 aliphatic rings. The molecule has 0 spiro atoms. The molecule has 4 nitrogen and oxygen atoms in total. The fourth-order valence-electron chi connectivity index (χ4n) is 2.71. The normalized spacial score (nSPS) is 10.6. The second-order valence-electron chi connectivity index (χ2n) is 6.30. The fourth-order valence-corrected chi connectivity index (χ4v) is 3.49. The molecule has 0 aliphatic heterocycles. The van der Waals surface area contributed by atoms with Crippen molar-refractivity contribution in [3.63, 3.8) is 0 Å². The maximum Gasteiger partial charge on any atom is 0.230 e. The lowest BCUT2D eigenvalue weighted by Gasteiger charge is -2.08. The maximum absolute atomic E-state index is 12.8. The summed E-state index contributed by atoms with van der Waals surface area (Å²) in [5, 5.41) is 7.86. The lowest BCUT2D eigenvalue weighted by atomic mass is 10.1. The molecule has 2 N–H and O–H groups in total. The number of nitrogens with one attached hydrogen (secondary N) is 2. The summed E-state index contributed by atoms with van der Waals surface area (Å²) in [5.74, 6) is -0.243. The van der Waals surface area contributed by atoms with Gasteiger partial charge >= 0.3 is 0 Å². The maximum atomic E-state index is 12.8. The van der Waals surface area contributed by atoms with Crippen LogP contribution in [0.3, 0.4) is 0 Å². The molecule has 6 heteroatoms. The summed E-state index contributed by atoms with van der Waals surface area (Å²) in [7, 11) is 0. The summed E-state index contributed by atoms with van der Waals surface area (Å²) in [4.78, 5) is 24.8. The lowest BCUT2D eigenvalue weighted by molar-refractivity contribution is -0.121. The highest BCUT2D eigenvalue weighted by atomic mass is 32.2. The number of hydrogen-bond acceptors (Lipinski definition) is 3. The van der Waals surface area contributed by atoms with Crippen LogP contribution in [0, 0.1) is 5.82 Å². The average Bonchev–Trinajstić information content (AvgIpc) is 2.71. The summed E-state index contributed by atoms with van der Waals surface area (Å²) in [6.45, 7) is 0.721. The van der Waals surface area contributed by atoms with E-state index in [4.69, 9.17) is 0 Å². The van der Waals surface area contributed by atoms with Crippen molar-refractivity contribution in [1.82, 2.24) is 10.6 Å². The second kappa shape index (κ2) is 9.90. The van der Waals surface area contributed by atoms with Crippen molar-refractivity contribution in [2.45, 2.75) is 11.3 Å². The van der Waals surface area contributed by atoms with Gasteiger partial charge in [-0.25, -0.2) is 4.39 Å². The third kappa shape index (κ3) is 6.09. The molecule has 0 atom stereocenters. The van der Waals surface area contributed by atoms with E-state index in [1.54, 1.807) is 12.1 Å². The van der Waals surface area contributed by atoms with Gasteiger partial charge in [0.05, 0.1) is 12.2 Å². The molecule has 0 aliphatic carbocycles. The van der Waals surface area contributed by atoms with Gasteiger partial charge in [-0.1, -0.05) is 42.5 Å². The summed E-state index contributed by atoms with van der Waals surface area (Å²) in [6, 6.07) is 20.1. The van der Waals surface area contributed by atoms with E-state index in [-0.39, 0.29) is 24.1 Å². The second-order valence-corrected chi connectivity index (χ2v) is 7.35. The predicted octanol–water partition coefficient (Wildman–Crippen LogP) is 3.55. The SMILES string of the molecule is O=C(CSc1ccc2ccccc2c1)NCCNC(=O)Cc1ccc(F)cc1. The first-order valence-electron chi connectivity index (χ1n) is 8.99. The van der Waals surface area contributed by atoms with Crippen LogP contribution in [0.15, 0.2) is 71.6 Å². The van der Waals surface area contributed by atoms with Crippen molar-refractivity contribution >= 4 is 34.3 Å². The Balaban J connectivity index is 1.33. The number of thioether (sulfide) groups is 1. The monoisotopic (exact) mass is 396 g/mol. The zero-order valence-electron chi connectivity index (χ0n) is 15.3. The van der Waals surface area contributed by atoms with Gasteiger partial charge in [0.2, 0.25) is 11.8 Å². The van der Waals surface area contributed by atoms with Crippen LogP contribution in [0.25, 0.3) is 10.8 Å². The number of fused-ring (bicyclic) bond motifs is 1.